The van der Waals surface area contributed by atoms with Gasteiger partial charge < -0.3 is 10.1 Å². The van der Waals surface area contributed by atoms with Crippen LogP contribution in [0.15, 0.2) is 18.3 Å². The van der Waals surface area contributed by atoms with Gasteiger partial charge in [-0.15, -0.1) is 0 Å². The summed E-state index contributed by atoms with van der Waals surface area (Å²) in [5.74, 6) is 0.0259. The van der Waals surface area contributed by atoms with Gasteiger partial charge in [0.2, 0.25) is 5.88 Å². The van der Waals surface area contributed by atoms with Gasteiger partial charge in [-0.3, -0.25) is 0 Å². The van der Waals surface area contributed by atoms with E-state index in [4.69, 9.17) is 0 Å². The lowest BCUT2D eigenvalue weighted by Crippen LogP contribution is -2.24. The molecule has 1 N–H and O–H groups in total. The SMILES string of the molecule is CC(C)NCc1cccnc1OCC(F)(F)F. The Labute approximate surface area is 98.0 Å². The third-order valence-electron chi connectivity index (χ3n) is 1.92. The van der Waals surface area contributed by atoms with Gasteiger partial charge in [-0.1, -0.05) is 19.9 Å². The molecule has 0 atom stereocenters. The predicted octanol–water partition coefficient (Wildman–Crippen LogP) is 2.52. The maximum Gasteiger partial charge on any atom is 0.422 e. The Morgan fingerprint density at radius 2 is 2.12 bits per heavy atom. The van der Waals surface area contributed by atoms with E-state index >= 15 is 0 Å². The molecule has 0 radical (unpaired) electrons. The van der Waals surface area contributed by atoms with Gasteiger partial charge in [0, 0.05) is 24.3 Å². The molecule has 1 aromatic heterocycles. The van der Waals surface area contributed by atoms with Crippen molar-refractivity contribution in [2.45, 2.75) is 32.6 Å². The first-order chi connectivity index (χ1) is 7.88. The van der Waals surface area contributed by atoms with Crippen LogP contribution in [0.3, 0.4) is 0 Å². The van der Waals surface area contributed by atoms with Crippen LogP contribution in [0, 0.1) is 0 Å². The smallest absolute Gasteiger partial charge is 0.422 e. The second kappa shape index (κ2) is 5.86. The lowest BCUT2D eigenvalue weighted by atomic mass is 10.2. The molecule has 0 aromatic carbocycles. The summed E-state index contributed by atoms with van der Waals surface area (Å²) in [5.41, 5.74) is 0.616. The quantitative estimate of drug-likeness (QED) is 0.869. The van der Waals surface area contributed by atoms with E-state index in [2.05, 4.69) is 15.0 Å². The molecule has 1 rings (SSSR count). The zero-order valence-electron chi connectivity index (χ0n) is 9.71. The molecule has 96 valence electrons. The van der Waals surface area contributed by atoms with Crippen molar-refractivity contribution < 1.29 is 17.9 Å². The van der Waals surface area contributed by atoms with Gasteiger partial charge in [-0.05, 0) is 6.07 Å². The van der Waals surface area contributed by atoms with Crippen molar-refractivity contribution in [1.82, 2.24) is 10.3 Å². The summed E-state index contributed by atoms with van der Waals surface area (Å²) in [4.78, 5) is 3.80. The maximum atomic E-state index is 12.0. The fourth-order valence-electron chi connectivity index (χ4n) is 1.15. The van der Waals surface area contributed by atoms with E-state index in [9.17, 15) is 13.2 Å². The number of halogens is 3. The van der Waals surface area contributed by atoms with E-state index in [0.717, 1.165) is 0 Å². The van der Waals surface area contributed by atoms with E-state index in [1.54, 1.807) is 12.1 Å². The van der Waals surface area contributed by atoms with Crippen molar-refractivity contribution in [1.29, 1.82) is 0 Å². The molecule has 3 nitrogen and oxygen atoms in total. The van der Waals surface area contributed by atoms with Crippen molar-refractivity contribution >= 4 is 0 Å². The van der Waals surface area contributed by atoms with Crippen molar-refractivity contribution in [2.24, 2.45) is 0 Å². The number of hydrogen-bond donors (Lipinski definition) is 1. The molecular weight excluding hydrogens is 233 g/mol. The fraction of sp³-hybridized carbons (Fsp3) is 0.545. The summed E-state index contributed by atoms with van der Waals surface area (Å²) in [6.45, 7) is 3.01. The minimum atomic E-state index is -4.35. The molecular formula is C11H15F3N2O. The number of ether oxygens (including phenoxy) is 1. The van der Waals surface area contributed by atoms with Crippen LogP contribution < -0.4 is 10.1 Å². The van der Waals surface area contributed by atoms with E-state index in [1.807, 2.05) is 13.8 Å². The lowest BCUT2D eigenvalue weighted by Gasteiger charge is -2.13. The Kier molecular flexibility index (Phi) is 4.74. The first kappa shape index (κ1) is 13.8. The van der Waals surface area contributed by atoms with Gasteiger partial charge in [0.05, 0.1) is 0 Å². The van der Waals surface area contributed by atoms with Crippen LogP contribution in [0.5, 0.6) is 5.88 Å². The average Bonchev–Trinajstić information content (AvgIpc) is 2.23. The highest BCUT2D eigenvalue weighted by Gasteiger charge is 2.29. The van der Waals surface area contributed by atoms with Gasteiger partial charge >= 0.3 is 6.18 Å². The molecule has 1 aromatic rings. The maximum absolute atomic E-state index is 12.0. The molecule has 0 aliphatic rings. The highest BCUT2D eigenvalue weighted by atomic mass is 19.4. The first-order valence-electron chi connectivity index (χ1n) is 5.25. The van der Waals surface area contributed by atoms with E-state index in [0.29, 0.717) is 12.1 Å². The van der Waals surface area contributed by atoms with Gasteiger partial charge in [-0.25, -0.2) is 4.98 Å². The number of nitrogens with one attached hydrogen (secondary N) is 1. The van der Waals surface area contributed by atoms with Crippen LogP contribution in [0.2, 0.25) is 0 Å². The summed E-state index contributed by atoms with van der Waals surface area (Å²) in [5, 5.41) is 3.10. The molecule has 0 unspecified atom stereocenters. The zero-order chi connectivity index (χ0) is 12.9. The second-order valence-electron chi connectivity index (χ2n) is 3.91. The van der Waals surface area contributed by atoms with E-state index in [1.165, 1.54) is 6.20 Å². The Bertz CT molecular complexity index is 353. The second-order valence-corrected chi connectivity index (χ2v) is 3.91. The van der Waals surface area contributed by atoms with Gasteiger partial charge in [0.15, 0.2) is 6.61 Å². The molecule has 0 aliphatic heterocycles. The molecule has 0 amide bonds. The molecule has 0 fully saturated rings. The molecule has 0 saturated carbocycles. The van der Waals surface area contributed by atoms with Gasteiger partial charge in [0.25, 0.3) is 0 Å². The molecule has 6 heteroatoms. The van der Waals surface area contributed by atoms with Crippen LogP contribution in [0.25, 0.3) is 0 Å². The van der Waals surface area contributed by atoms with Crippen LogP contribution in [-0.2, 0) is 6.54 Å². The Balaban J connectivity index is 2.64. The zero-order valence-corrected chi connectivity index (χ0v) is 9.71. The number of pyridine rings is 1. The Hall–Kier alpha value is -1.30. The highest BCUT2D eigenvalue weighted by molar-refractivity contribution is 5.25. The molecule has 0 saturated heterocycles. The molecule has 0 bridgehead atoms. The largest absolute Gasteiger partial charge is 0.468 e. The van der Waals surface area contributed by atoms with Crippen LogP contribution >= 0.6 is 0 Å². The highest BCUT2D eigenvalue weighted by Crippen LogP contribution is 2.19. The predicted molar refractivity (Wildman–Crippen MR) is 57.8 cm³/mol. The third kappa shape index (κ3) is 5.53. The third-order valence-corrected chi connectivity index (χ3v) is 1.92. The number of nitrogens with zero attached hydrogens (tertiary/aromatic N) is 1. The van der Waals surface area contributed by atoms with Crippen LogP contribution in [0.1, 0.15) is 19.4 Å². The Morgan fingerprint density at radius 3 is 2.71 bits per heavy atom. The number of rotatable bonds is 5. The molecule has 1 heterocycles. The van der Waals surface area contributed by atoms with Crippen LogP contribution in [-0.4, -0.2) is 23.8 Å². The van der Waals surface area contributed by atoms with Gasteiger partial charge in [-0.2, -0.15) is 13.2 Å². The average molecular weight is 248 g/mol. The Morgan fingerprint density at radius 1 is 1.41 bits per heavy atom. The minimum Gasteiger partial charge on any atom is -0.468 e. The molecule has 17 heavy (non-hydrogen) atoms. The summed E-state index contributed by atoms with van der Waals surface area (Å²) >= 11 is 0. The van der Waals surface area contributed by atoms with E-state index < -0.39 is 12.8 Å². The monoisotopic (exact) mass is 248 g/mol. The van der Waals surface area contributed by atoms with Crippen LogP contribution in [0.4, 0.5) is 13.2 Å². The van der Waals surface area contributed by atoms with E-state index in [-0.39, 0.29) is 11.9 Å². The minimum absolute atomic E-state index is 0.0259. The van der Waals surface area contributed by atoms with Crippen molar-refractivity contribution in [3.63, 3.8) is 0 Å². The molecule has 0 aliphatic carbocycles. The number of aromatic nitrogens is 1. The molecule has 0 spiro atoms. The normalized spacial score (nSPS) is 11.9. The van der Waals surface area contributed by atoms with Crippen molar-refractivity contribution in [3.8, 4) is 5.88 Å². The summed E-state index contributed by atoms with van der Waals surface area (Å²) in [7, 11) is 0. The van der Waals surface area contributed by atoms with Gasteiger partial charge in [0.1, 0.15) is 0 Å². The van der Waals surface area contributed by atoms with Crippen molar-refractivity contribution in [2.75, 3.05) is 6.61 Å². The summed E-state index contributed by atoms with van der Waals surface area (Å²) in [6.07, 6.45) is -2.94. The lowest BCUT2D eigenvalue weighted by molar-refractivity contribution is -0.154. The topological polar surface area (TPSA) is 34.2 Å². The first-order valence-corrected chi connectivity index (χ1v) is 5.25. The summed E-state index contributed by atoms with van der Waals surface area (Å²) in [6, 6.07) is 3.59. The summed E-state index contributed by atoms with van der Waals surface area (Å²) < 4.78 is 40.7. The number of hydrogen-bond acceptors (Lipinski definition) is 3. The van der Waals surface area contributed by atoms with Crippen molar-refractivity contribution in [3.05, 3.63) is 23.9 Å². The fourth-order valence-corrected chi connectivity index (χ4v) is 1.15. The standard InChI is InChI=1S/C11H15F3N2O/c1-8(2)16-6-9-4-3-5-15-10(9)17-7-11(12,13)14/h3-5,8,16H,6-7H2,1-2H3. The number of alkyl halides is 3.